The van der Waals surface area contributed by atoms with Gasteiger partial charge < -0.3 is 15.4 Å². The van der Waals surface area contributed by atoms with E-state index in [2.05, 4.69) is 10.6 Å². The van der Waals surface area contributed by atoms with Crippen LogP contribution >= 0.6 is 0 Å². The lowest BCUT2D eigenvalue weighted by Gasteiger charge is -2.17. The van der Waals surface area contributed by atoms with E-state index in [9.17, 15) is 14.9 Å². The van der Waals surface area contributed by atoms with E-state index < -0.39 is 4.92 Å². The summed E-state index contributed by atoms with van der Waals surface area (Å²) >= 11 is 0. The number of nitrogens with zero attached hydrogens (tertiary/aromatic N) is 1. The molecule has 1 amide bonds. The first-order chi connectivity index (χ1) is 10.1. The first kappa shape index (κ1) is 17.1. The third-order valence-corrected chi connectivity index (χ3v) is 3.00. The number of rotatable bonds is 9. The van der Waals surface area contributed by atoms with Gasteiger partial charge in [-0.25, -0.2) is 0 Å². The standard InChI is InChI=1S/C14H21N3O4/c1-3-13(16-14(18)10-15-7-8-21-2)11-5-4-6-12(9-11)17(19)20/h4-6,9,13,15H,3,7-8,10H2,1-2H3,(H,16,18). The van der Waals surface area contributed by atoms with Crippen LogP contribution in [-0.4, -0.2) is 37.6 Å². The average Bonchev–Trinajstić information content (AvgIpc) is 2.49. The number of carbonyl (C=O) groups excluding carboxylic acids is 1. The molecule has 1 rings (SSSR count). The van der Waals surface area contributed by atoms with E-state index in [0.29, 0.717) is 19.6 Å². The minimum Gasteiger partial charge on any atom is -0.383 e. The number of nitrogens with one attached hydrogen (secondary N) is 2. The zero-order chi connectivity index (χ0) is 15.7. The lowest BCUT2D eigenvalue weighted by atomic mass is 10.0. The number of nitro groups is 1. The molecule has 0 aliphatic carbocycles. The maximum Gasteiger partial charge on any atom is 0.269 e. The summed E-state index contributed by atoms with van der Waals surface area (Å²) in [4.78, 5) is 22.2. The van der Waals surface area contributed by atoms with Crippen LogP contribution in [0, 0.1) is 10.1 Å². The van der Waals surface area contributed by atoms with Crippen LogP contribution in [0.15, 0.2) is 24.3 Å². The molecule has 7 nitrogen and oxygen atoms in total. The predicted molar refractivity (Wildman–Crippen MR) is 79.0 cm³/mol. The summed E-state index contributed by atoms with van der Waals surface area (Å²) in [6, 6.07) is 6.09. The van der Waals surface area contributed by atoms with Crippen molar-refractivity contribution in [2.45, 2.75) is 19.4 Å². The van der Waals surface area contributed by atoms with Crippen molar-refractivity contribution in [1.29, 1.82) is 0 Å². The van der Waals surface area contributed by atoms with Crippen LogP contribution in [0.2, 0.25) is 0 Å². The maximum absolute atomic E-state index is 11.8. The molecule has 0 spiro atoms. The molecule has 1 aromatic carbocycles. The Hall–Kier alpha value is -1.99. The summed E-state index contributed by atoms with van der Waals surface area (Å²) in [7, 11) is 1.59. The smallest absolute Gasteiger partial charge is 0.269 e. The second kappa shape index (κ2) is 9.04. The van der Waals surface area contributed by atoms with Gasteiger partial charge >= 0.3 is 0 Å². The number of non-ortho nitro benzene ring substituents is 1. The van der Waals surface area contributed by atoms with Crippen LogP contribution in [0.5, 0.6) is 0 Å². The summed E-state index contributed by atoms with van der Waals surface area (Å²) in [5.41, 5.74) is 0.760. The van der Waals surface area contributed by atoms with E-state index in [1.165, 1.54) is 12.1 Å². The number of benzene rings is 1. The molecule has 1 aromatic rings. The number of ether oxygens (including phenoxy) is 1. The van der Waals surface area contributed by atoms with Crippen LogP contribution in [-0.2, 0) is 9.53 Å². The number of amides is 1. The van der Waals surface area contributed by atoms with Crippen LogP contribution in [0.1, 0.15) is 24.9 Å². The first-order valence-electron chi connectivity index (χ1n) is 6.81. The van der Waals surface area contributed by atoms with Crippen molar-refractivity contribution in [2.24, 2.45) is 0 Å². The molecule has 116 valence electrons. The van der Waals surface area contributed by atoms with Gasteiger partial charge in [0.1, 0.15) is 0 Å². The Morgan fingerprint density at radius 2 is 2.24 bits per heavy atom. The largest absolute Gasteiger partial charge is 0.383 e. The summed E-state index contributed by atoms with van der Waals surface area (Å²) in [5.74, 6) is -0.149. The minimum atomic E-state index is -0.440. The van der Waals surface area contributed by atoms with Crippen molar-refractivity contribution in [3.05, 3.63) is 39.9 Å². The Labute approximate surface area is 123 Å². The van der Waals surface area contributed by atoms with E-state index in [0.717, 1.165) is 5.56 Å². The predicted octanol–water partition coefficient (Wildman–Crippen LogP) is 1.40. The third kappa shape index (κ3) is 5.88. The zero-order valence-electron chi connectivity index (χ0n) is 12.3. The van der Waals surface area contributed by atoms with Crippen molar-refractivity contribution in [2.75, 3.05) is 26.8 Å². The van der Waals surface area contributed by atoms with Gasteiger partial charge in [-0.1, -0.05) is 19.1 Å². The lowest BCUT2D eigenvalue weighted by Crippen LogP contribution is -2.37. The molecule has 1 unspecified atom stereocenters. The van der Waals surface area contributed by atoms with E-state index in [-0.39, 0.29) is 24.2 Å². The van der Waals surface area contributed by atoms with Gasteiger partial charge in [-0.15, -0.1) is 0 Å². The Balaban J connectivity index is 2.60. The SMILES string of the molecule is CCC(NC(=O)CNCCOC)c1cccc([N+](=O)[O-])c1. The molecule has 0 saturated carbocycles. The second-order valence-electron chi connectivity index (χ2n) is 4.55. The molecule has 0 fully saturated rings. The van der Waals surface area contributed by atoms with Gasteiger partial charge in [-0.3, -0.25) is 14.9 Å². The molecule has 0 saturated heterocycles. The molecular formula is C14H21N3O4. The molecule has 21 heavy (non-hydrogen) atoms. The molecule has 1 atom stereocenters. The van der Waals surface area contributed by atoms with Gasteiger partial charge in [0.25, 0.3) is 5.69 Å². The highest BCUT2D eigenvalue weighted by molar-refractivity contribution is 5.78. The third-order valence-electron chi connectivity index (χ3n) is 3.00. The lowest BCUT2D eigenvalue weighted by molar-refractivity contribution is -0.384. The zero-order valence-corrected chi connectivity index (χ0v) is 12.3. The number of methoxy groups -OCH3 is 1. The van der Waals surface area contributed by atoms with Gasteiger partial charge in [0, 0.05) is 25.8 Å². The van der Waals surface area contributed by atoms with E-state index in [4.69, 9.17) is 4.74 Å². The van der Waals surface area contributed by atoms with E-state index >= 15 is 0 Å². The number of hydrogen-bond acceptors (Lipinski definition) is 5. The van der Waals surface area contributed by atoms with Crippen molar-refractivity contribution < 1.29 is 14.5 Å². The van der Waals surface area contributed by atoms with Gasteiger partial charge in [0.15, 0.2) is 0 Å². The van der Waals surface area contributed by atoms with Crippen molar-refractivity contribution in [1.82, 2.24) is 10.6 Å². The van der Waals surface area contributed by atoms with E-state index in [1.54, 1.807) is 19.2 Å². The van der Waals surface area contributed by atoms with Gasteiger partial charge in [-0.2, -0.15) is 0 Å². The summed E-state index contributed by atoms with van der Waals surface area (Å²) in [6.07, 6.45) is 0.658. The van der Waals surface area contributed by atoms with Gasteiger partial charge in [0.05, 0.1) is 24.1 Å². The quantitative estimate of drug-likeness (QED) is 0.408. The Bertz CT molecular complexity index is 479. The highest BCUT2D eigenvalue weighted by atomic mass is 16.6. The number of nitro benzene ring substituents is 1. The second-order valence-corrected chi connectivity index (χ2v) is 4.55. The highest BCUT2D eigenvalue weighted by Gasteiger charge is 2.15. The molecule has 7 heteroatoms. The van der Waals surface area contributed by atoms with Gasteiger partial charge in [-0.05, 0) is 12.0 Å². The summed E-state index contributed by atoms with van der Waals surface area (Å²) < 4.78 is 4.87. The Morgan fingerprint density at radius 3 is 2.86 bits per heavy atom. The van der Waals surface area contributed by atoms with Crippen molar-refractivity contribution in [3.8, 4) is 0 Å². The van der Waals surface area contributed by atoms with Crippen LogP contribution < -0.4 is 10.6 Å². The highest BCUT2D eigenvalue weighted by Crippen LogP contribution is 2.21. The maximum atomic E-state index is 11.8. The van der Waals surface area contributed by atoms with Crippen molar-refractivity contribution in [3.63, 3.8) is 0 Å². The first-order valence-corrected chi connectivity index (χ1v) is 6.81. The fraction of sp³-hybridized carbons (Fsp3) is 0.500. The molecular weight excluding hydrogens is 274 g/mol. The Morgan fingerprint density at radius 1 is 1.48 bits per heavy atom. The molecule has 0 aliphatic heterocycles. The monoisotopic (exact) mass is 295 g/mol. The van der Waals surface area contributed by atoms with Crippen LogP contribution in [0.3, 0.4) is 0 Å². The fourth-order valence-corrected chi connectivity index (χ4v) is 1.90. The van der Waals surface area contributed by atoms with Crippen molar-refractivity contribution >= 4 is 11.6 Å². The molecule has 0 radical (unpaired) electrons. The van der Waals surface area contributed by atoms with Crippen LogP contribution in [0.25, 0.3) is 0 Å². The van der Waals surface area contributed by atoms with Gasteiger partial charge in [0.2, 0.25) is 5.91 Å². The average molecular weight is 295 g/mol. The summed E-state index contributed by atoms with van der Waals surface area (Å²) in [5, 5.41) is 16.6. The summed E-state index contributed by atoms with van der Waals surface area (Å²) in [6.45, 7) is 3.24. The topological polar surface area (TPSA) is 93.5 Å². The van der Waals surface area contributed by atoms with Crippen LogP contribution in [0.4, 0.5) is 5.69 Å². The number of carbonyl (C=O) groups is 1. The molecule has 0 heterocycles. The molecule has 0 aliphatic rings. The minimum absolute atomic E-state index is 0.0263. The molecule has 0 bridgehead atoms. The van der Waals surface area contributed by atoms with E-state index in [1.807, 2.05) is 6.92 Å². The fourth-order valence-electron chi connectivity index (χ4n) is 1.90. The molecule has 0 aromatic heterocycles. The molecule has 2 N–H and O–H groups in total. The number of hydrogen-bond donors (Lipinski definition) is 2. The Kier molecular flexibility index (Phi) is 7.34. The normalized spacial score (nSPS) is 11.9.